The zero-order valence-electron chi connectivity index (χ0n) is 15.2. The van der Waals surface area contributed by atoms with E-state index in [2.05, 4.69) is 20.3 Å². The highest BCUT2D eigenvalue weighted by Crippen LogP contribution is 2.36. The number of aliphatic imine (C=N–C) groups is 1. The summed E-state index contributed by atoms with van der Waals surface area (Å²) in [5, 5.41) is 7.66. The Kier molecular flexibility index (Phi) is 4.44. The molecule has 5 rings (SSSR count). The quantitative estimate of drug-likeness (QED) is 0.683. The molecule has 0 atom stereocenters. The molecule has 2 aliphatic rings. The van der Waals surface area contributed by atoms with Gasteiger partial charge < -0.3 is 15.0 Å². The van der Waals surface area contributed by atoms with Gasteiger partial charge in [-0.05, 0) is 30.3 Å². The molecule has 1 fully saturated rings. The Morgan fingerprint density at radius 1 is 1.07 bits per heavy atom. The fraction of sp³-hybridized carbons (Fsp3) is 0.200. The fourth-order valence-electron chi connectivity index (χ4n) is 3.52. The molecule has 1 saturated heterocycles. The summed E-state index contributed by atoms with van der Waals surface area (Å²) < 4.78 is 35.8. The van der Waals surface area contributed by atoms with Crippen molar-refractivity contribution in [3.63, 3.8) is 0 Å². The molecule has 0 unspecified atom stereocenters. The molecule has 6 nitrogen and oxygen atoms in total. The number of rotatable bonds is 2. The van der Waals surface area contributed by atoms with Gasteiger partial charge in [-0.1, -0.05) is 17.7 Å². The molecule has 148 valence electrons. The van der Waals surface area contributed by atoms with Gasteiger partial charge in [-0.2, -0.15) is 5.10 Å². The average Bonchev–Trinajstić information content (AvgIpc) is 3.00. The molecule has 0 saturated carbocycles. The van der Waals surface area contributed by atoms with Crippen molar-refractivity contribution in [2.75, 3.05) is 36.5 Å². The van der Waals surface area contributed by atoms with Crippen LogP contribution < -0.4 is 10.2 Å². The summed E-state index contributed by atoms with van der Waals surface area (Å²) in [5.41, 5.74) is 2.04. The highest BCUT2D eigenvalue weighted by atomic mass is 35.5. The molecule has 1 aromatic heterocycles. The van der Waals surface area contributed by atoms with Crippen LogP contribution in [0.25, 0.3) is 5.69 Å². The van der Waals surface area contributed by atoms with Gasteiger partial charge in [0.05, 0.1) is 36.3 Å². The zero-order chi connectivity index (χ0) is 20.0. The van der Waals surface area contributed by atoms with Crippen LogP contribution in [-0.4, -0.2) is 41.9 Å². The van der Waals surface area contributed by atoms with E-state index in [-0.39, 0.29) is 16.4 Å². The van der Waals surface area contributed by atoms with Crippen molar-refractivity contribution in [3.05, 3.63) is 64.8 Å². The van der Waals surface area contributed by atoms with Gasteiger partial charge in [0.1, 0.15) is 22.5 Å². The van der Waals surface area contributed by atoms with Crippen molar-refractivity contribution >= 4 is 34.6 Å². The van der Waals surface area contributed by atoms with Gasteiger partial charge in [-0.15, -0.1) is 0 Å². The van der Waals surface area contributed by atoms with Crippen LogP contribution in [0.1, 0.15) is 5.56 Å². The van der Waals surface area contributed by atoms with E-state index in [0.29, 0.717) is 30.4 Å². The van der Waals surface area contributed by atoms with Crippen LogP contribution in [-0.2, 0) is 4.74 Å². The minimum absolute atomic E-state index is 0.0297. The monoisotopic (exact) mass is 415 g/mol. The number of benzene rings is 2. The second-order valence-electron chi connectivity index (χ2n) is 6.71. The summed E-state index contributed by atoms with van der Waals surface area (Å²) in [6.45, 7) is 2.88. The van der Waals surface area contributed by atoms with E-state index in [0.717, 1.165) is 18.8 Å². The molecule has 3 aromatic rings. The lowest BCUT2D eigenvalue weighted by molar-refractivity contribution is 0.122. The molecule has 3 heterocycles. The summed E-state index contributed by atoms with van der Waals surface area (Å²) in [5.74, 6) is -1.10. The maximum Gasteiger partial charge on any atom is 0.176 e. The number of fused-ring (bicyclic) bond motifs is 3. The van der Waals surface area contributed by atoms with Crippen LogP contribution >= 0.6 is 11.6 Å². The number of aromatic nitrogens is 2. The number of morpholine rings is 1. The Morgan fingerprint density at radius 2 is 1.83 bits per heavy atom. The van der Waals surface area contributed by atoms with Gasteiger partial charge in [0, 0.05) is 18.8 Å². The molecule has 1 N–H and O–H groups in total. The van der Waals surface area contributed by atoms with Crippen molar-refractivity contribution in [1.82, 2.24) is 9.78 Å². The van der Waals surface area contributed by atoms with E-state index >= 15 is 0 Å². The van der Waals surface area contributed by atoms with Gasteiger partial charge in [0.15, 0.2) is 5.82 Å². The second kappa shape index (κ2) is 7.13. The highest BCUT2D eigenvalue weighted by Gasteiger charge is 2.24. The third-order valence-corrected chi connectivity index (χ3v) is 5.22. The first-order valence-electron chi connectivity index (χ1n) is 9.12. The summed E-state index contributed by atoms with van der Waals surface area (Å²) in [4.78, 5) is 6.61. The molecule has 0 aliphatic carbocycles. The lowest BCUT2D eigenvalue weighted by Gasteiger charge is -2.29. The SMILES string of the molecule is Fc1cccc(F)c1C1=Nc2c(Cl)cnn2-c2cc(N3CCOCC3)ccc2N1. The van der Waals surface area contributed by atoms with E-state index in [1.807, 2.05) is 18.2 Å². The van der Waals surface area contributed by atoms with Crippen molar-refractivity contribution in [2.45, 2.75) is 0 Å². The van der Waals surface area contributed by atoms with E-state index < -0.39 is 11.6 Å². The van der Waals surface area contributed by atoms with Crippen LogP contribution in [0.4, 0.5) is 26.0 Å². The van der Waals surface area contributed by atoms with E-state index in [9.17, 15) is 8.78 Å². The topological polar surface area (TPSA) is 54.7 Å². The van der Waals surface area contributed by atoms with Gasteiger partial charge in [0.25, 0.3) is 0 Å². The van der Waals surface area contributed by atoms with Crippen LogP contribution in [0.3, 0.4) is 0 Å². The summed E-state index contributed by atoms with van der Waals surface area (Å²) in [6, 6.07) is 9.44. The summed E-state index contributed by atoms with van der Waals surface area (Å²) >= 11 is 6.28. The Bertz CT molecular complexity index is 1100. The van der Waals surface area contributed by atoms with Gasteiger partial charge in [-0.25, -0.2) is 18.5 Å². The lowest BCUT2D eigenvalue weighted by Crippen LogP contribution is -2.36. The van der Waals surface area contributed by atoms with Gasteiger partial charge in [0.2, 0.25) is 0 Å². The molecule has 0 bridgehead atoms. The number of ether oxygens (including phenoxy) is 1. The largest absolute Gasteiger partial charge is 0.378 e. The standard InChI is InChI=1S/C20H16ClF2N5O/c21-13-11-24-28-17-10-12(27-6-8-29-9-7-27)4-5-16(17)25-19(26-20(13)28)18-14(22)2-1-3-15(18)23/h1-5,10-11H,6-9H2,(H,25,26). The maximum atomic E-state index is 14.4. The Hall–Kier alpha value is -2.97. The molecule has 29 heavy (non-hydrogen) atoms. The van der Waals surface area contributed by atoms with Gasteiger partial charge in [-0.3, -0.25) is 0 Å². The maximum absolute atomic E-state index is 14.4. The first-order valence-corrected chi connectivity index (χ1v) is 9.50. The molecular formula is C20H16ClF2N5O. The smallest absolute Gasteiger partial charge is 0.176 e. The fourth-order valence-corrected chi connectivity index (χ4v) is 3.69. The number of hydrogen-bond acceptors (Lipinski definition) is 5. The third kappa shape index (κ3) is 3.14. The van der Waals surface area contributed by atoms with Crippen LogP contribution in [0.15, 0.2) is 47.6 Å². The number of halogens is 3. The van der Waals surface area contributed by atoms with Gasteiger partial charge >= 0.3 is 0 Å². The normalized spacial score (nSPS) is 15.8. The number of hydrogen-bond donors (Lipinski definition) is 1. The average molecular weight is 416 g/mol. The minimum Gasteiger partial charge on any atom is -0.378 e. The van der Waals surface area contributed by atoms with Crippen molar-refractivity contribution < 1.29 is 13.5 Å². The molecule has 2 aliphatic heterocycles. The molecule has 0 amide bonds. The molecular weight excluding hydrogens is 400 g/mol. The molecule has 0 radical (unpaired) electrons. The number of nitrogens with one attached hydrogen (secondary N) is 1. The number of nitrogens with zero attached hydrogens (tertiary/aromatic N) is 4. The number of anilines is 2. The highest BCUT2D eigenvalue weighted by molar-refractivity contribution is 6.33. The first-order chi connectivity index (χ1) is 14.1. The van der Waals surface area contributed by atoms with Crippen LogP contribution in [0.2, 0.25) is 5.02 Å². The number of amidine groups is 1. The Morgan fingerprint density at radius 3 is 2.59 bits per heavy atom. The van der Waals surface area contributed by atoms with Crippen LogP contribution in [0, 0.1) is 11.6 Å². The van der Waals surface area contributed by atoms with Crippen LogP contribution in [0.5, 0.6) is 0 Å². The van der Waals surface area contributed by atoms with Crippen molar-refractivity contribution in [3.8, 4) is 5.69 Å². The Balaban J connectivity index is 1.66. The van der Waals surface area contributed by atoms with Crippen molar-refractivity contribution in [2.24, 2.45) is 4.99 Å². The van der Waals surface area contributed by atoms with E-state index in [1.165, 1.54) is 24.4 Å². The predicted molar refractivity (Wildman–Crippen MR) is 108 cm³/mol. The third-order valence-electron chi connectivity index (χ3n) is 4.96. The second-order valence-corrected chi connectivity index (χ2v) is 7.12. The minimum atomic E-state index is -0.716. The molecule has 0 spiro atoms. The van der Waals surface area contributed by atoms with E-state index in [1.54, 1.807) is 4.68 Å². The zero-order valence-corrected chi connectivity index (χ0v) is 16.0. The lowest BCUT2D eigenvalue weighted by atomic mass is 10.1. The molecule has 2 aromatic carbocycles. The van der Waals surface area contributed by atoms with Crippen molar-refractivity contribution in [1.29, 1.82) is 0 Å². The van der Waals surface area contributed by atoms with E-state index in [4.69, 9.17) is 16.3 Å². The first kappa shape index (κ1) is 18.1. The predicted octanol–water partition coefficient (Wildman–Crippen LogP) is 4.14. The molecule has 9 heteroatoms. The summed E-state index contributed by atoms with van der Waals surface area (Å²) in [7, 11) is 0. The summed E-state index contributed by atoms with van der Waals surface area (Å²) in [6.07, 6.45) is 1.46. The Labute approximate surface area is 170 Å².